The van der Waals surface area contributed by atoms with Gasteiger partial charge in [0.05, 0.1) is 26.5 Å². The number of ether oxygens (including phenoxy) is 2. The minimum atomic E-state index is -0.738. The van der Waals surface area contributed by atoms with E-state index in [0.29, 0.717) is 11.7 Å². The molecule has 0 amide bonds. The van der Waals surface area contributed by atoms with Gasteiger partial charge in [0.1, 0.15) is 5.65 Å². The molecule has 2 N–H and O–H groups in total. The molecule has 0 aliphatic carbocycles. The summed E-state index contributed by atoms with van der Waals surface area (Å²) in [5.74, 6) is -1.60. The number of nitrogens with zero attached hydrogens (tertiary/aromatic N) is 3. The Morgan fingerprint density at radius 1 is 1.06 bits per heavy atom. The maximum Gasteiger partial charge on any atom is 0.171 e. The first kappa shape index (κ1) is 22.3. The van der Waals surface area contributed by atoms with Crippen molar-refractivity contribution in [3.8, 4) is 22.6 Å². The summed E-state index contributed by atoms with van der Waals surface area (Å²) in [5.41, 5.74) is 4.26. The smallest absolute Gasteiger partial charge is 0.171 e. The van der Waals surface area contributed by atoms with Crippen molar-refractivity contribution in [1.82, 2.24) is 25.1 Å². The second-order valence-electron chi connectivity index (χ2n) is 8.57. The largest absolute Gasteiger partial charge is 0.494 e. The molecule has 0 spiro atoms. The molecule has 3 aromatic heterocycles. The van der Waals surface area contributed by atoms with Crippen molar-refractivity contribution in [3.63, 3.8) is 0 Å². The second kappa shape index (κ2) is 9.06. The number of methoxy groups -OCH3 is 2. The van der Waals surface area contributed by atoms with E-state index >= 15 is 0 Å². The van der Waals surface area contributed by atoms with E-state index in [0.717, 1.165) is 53.7 Å². The van der Waals surface area contributed by atoms with Crippen LogP contribution in [0.25, 0.3) is 22.2 Å². The van der Waals surface area contributed by atoms with E-state index < -0.39 is 11.6 Å². The summed E-state index contributed by atoms with van der Waals surface area (Å²) in [5, 5.41) is 8.84. The van der Waals surface area contributed by atoms with Crippen LogP contribution in [0.4, 0.5) is 8.78 Å². The molecule has 0 bridgehead atoms. The van der Waals surface area contributed by atoms with Gasteiger partial charge in [-0.15, -0.1) is 0 Å². The number of H-pyrrole nitrogens is 1. The maximum absolute atomic E-state index is 15.0. The maximum atomic E-state index is 15.0. The summed E-state index contributed by atoms with van der Waals surface area (Å²) >= 11 is 0. The van der Waals surface area contributed by atoms with Crippen molar-refractivity contribution in [3.05, 3.63) is 59.2 Å². The highest BCUT2D eigenvalue weighted by Gasteiger charge is 2.23. The molecular formula is C25H27F2N5O2. The zero-order valence-corrected chi connectivity index (χ0v) is 19.4. The summed E-state index contributed by atoms with van der Waals surface area (Å²) in [6.07, 6.45) is 7.51. The predicted molar refractivity (Wildman–Crippen MR) is 125 cm³/mol. The summed E-state index contributed by atoms with van der Waals surface area (Å²) in [6.45, 7) is 4.04. The molecule has 1 aliphatic rings. The average molecular weight is 468 g/mol. The zero-order valence-electron chi connectivity index (χ0n) is 19.4. The number of piperidine rings is 1. The monoisotopic (exact) mass is 467 g/mol. The molecule has 7 nitrogen and oxygen atoms in total. The Morgan fingerprint density at radius 3 is 2.44 bits per heavy atom. The molecular weight excluding hydrogens is 440 g/mol. The van der Waals surface area contributed by atoms with Gasteiger partial charge >= 0.3 is 0 Å². The van der Waals surface area contributed by atoms with Crippen molar-refractivity contribution >= 4 is 11.0 Å². The predicted octanol–water partition coefficient (Wildman–Crippen LogP) is 4.55. The normalized spacial score (nSPS) is 14.6. The van der Waals surface area contributed by atoms with Gasteiger partial charge in [-0.05, 0) is 44.5 Å². The molecule has 1 aromatic carbocycles. The Hall–Kier alpha value is -3.46. The Kier molecular flexibility index (Phi) is 5.95. The summed E-state index contributed by atoms with van der Waals surface area (Å²) in [7, 11) is 2.68. The topological polar surface area (TPSA) is 77.0 Å². The lowest BCUT2D eigenvalue weighted by Crippen LogP contribution is -2.30. The summed E-state index contributed by atoms with van der Waals surface area (Å²) < 4.78 is 42.2. The van der Waals surface area contributed by atoms with E-state index in [4.69, 9.17) is 9.47 Å². The Morgan fingerprint density at radius 2 is 1.76 bits per heavy atom. The molecule has 5 rings (SSSR count). The Labute approximate surface area is 196 Å². The third kappa shape index (κ3) is 3.79. The van der Waals surface area contributed by atoms with Crippen molar-refractivity contribution in [2.24, 2.45) is 0 Å². The third-order valence-electron chi connectivity index (χ3n) is 6.66. The van der Waals surface area contributed by atoms with E-state index in [9.17, 15) is 8.78 Å². The zero-order chi connectivity index (χ0) is 23.8. The van der Waals surface area contributed by atoms with Gasteiger partial charge in [-0.1, -0.05) is 0 Å². The molecule has 0 unspecified atom stereocenters. The van der Waals surface area contributed by atoms with Gasteiger partial charge in [-0.3, -0.25) is 4.68 Å². The van der Waals surface area contributed by atoms with Crippen LogP contribution in [0.2, 0.25) is 0 Å². The molecule has 4 heterocycles. The number of aromatic nitrogens is 4. The highest BCUT2D eigenvalue weighted by Crippen LogP contribution is 2.35. The Bertz CT molecular complexity index is 1310. The first-order chi connectivity index (χ1) is 16.5. The fraction of sp³-hybridized carbons (Fsp3) is 0.360. The van der Waals surface area contributed by atoms with Crippen molar-refractivity contribution in [2.45, 2.75) is 32.2 Å². The molecule has 4 aromatic rings. The number of aromatic amines is 1. The second-order valence-corrected chi connectivity index (χ2v) is 8.57. The van der Waals surface area contributed by atoms with Crippen LogP contribution < -0.4 is 14.8 Å². The lowest BCUT2D eigenvalue weighted by atomic mass is 10.0. The van der Waals surface area contributed by atoms with E-state index in [1.807, 2.05) is 12.3 Å². The first-order valence-electron chi connectivity index (χ1n) is 11.3. The van der Waals surface area contributed by atoms with E-state index in [2.05, 4.69) is 32.0 Å². The molecule has 1 fully saturated rings. The number of rotatable bonds is 6. The molecule has 34 heavy (non-hydrogen) atoms. The average Bonchev–Trinajstić information content (AvgIpc) is 3.45. The van der Waals surface area contributed by atoms with Crippen molar-refractivity contribution < 1.29 is 18.3 Å². The van der Waals surface area contributed by atoms with Gasteiger partial charge < -0.3 is 19.8 Å². The number of halogens is 2. The molecule has 0 saturated carbocycles. The molecule has 0 radical (unpaired) electrons. The molecule has 178 valence electrons. The summed E-state index contributed by atoms with van der Waals surface area (Å²) in [4.78, 5) is 7.66. The van der Waals surface area contributed by atoms with Crippen LogP contribution in [-0.2, 0) is 6.42 Å². The fourth-order valence-corrected chi connectivity index (χ4v) is 4.76. The number of nitrogens with one attached hydrogen (secondary N) is 2. The van der Waals surface area contributed by atoms with Gasteiger partial charge in [-0.25, -0.2) is 13.8 Å². The van der Waals surface area contributed by atoms with E-state index in [-0.39, 0.29) is 23.5 Å². The van der Waals surface area contributed by atoms with Gasteiger partial charge in [0.25, 0.3) is 0 Å². The van der Waals surface area contributed by atoms with Gasteiger partial charge in [0.15, 0.2) is 23.1 Å². The third-order valence-corrected chi connectivity index (χ3v) is 6.66. The van der Waals surface area contributed by atoms with Crippen LogP contribution in [0.3, 0.4) is 0 Å². The quantitative estimate of drug-likeness (QED) is 0.435. The van der Waals surface area contributed by atoms with E-state index in [1.54, 1.807) is 12.4 Å². The minimum Gasteiger partial charge on any atom is -0.494 e. The minimum absolute atomic E-state index is 0.0175. The lowest BCUT2D eigenvalue weighted by molar-refractivity contribution is 0.338. The molecule has 1 saturated heterocycles. The number of benzene rings is 1. The highest BCUT2D eigenvalue weighted by molar-refractivity contribution is 5.85. The van der Waals surface area contributed by atoms with Crippen LogP contribution >= 0.6 is 0 Å². The molecule has 9 heteroatoms. The first-order valence-corrected chi connectivity index (χ1v) is 11.3. The Balaban J connectivity index is 1.53. The van der Waals surface area contributed by atoms with Crippen LogP contribution in [-0.4, -0.2) is 47.1 Å². The SMILES string of the molecule is COc1cc(OC)c(F)c(Cc2c[nH]c3ncc(-c4cnn(C5CCNCC5)c4C)cc23)c1F. The van der Waals surface area contributed by atoms with Crippen LogP contribution in [0.15, 0.2) is 30.7 Å². The van der Waals surface area contributed by atoms with Gasteiger partial charge in [0.2, 0.25) is 0 Å². The van der Waals surface area contributed by atoms with Gasteiger partial charge in [-0.2, -0.15) is 5.10 Å². The number of hydrogen-bond acceptors (Lipinski definition) is 5. The van der Waals surface area contributed by atoms with Crippen LogP contribution in [0.1, 0.15) is 35.7 Å². The number of hydrogen-bond donors (Lipinski definition) is 2. The highest BCUT2D eigenvalue weighted by atomic mass is 19.1. The van der Waals surface area contributed by atoms with Crippen molar-refractivity contribution in [2.75, 3.05) is 27.3 Å². The number of fused-ring (bicyclic) bond motifs is 1. The summed E-state index contributed by atoms with van der Waals surface area (Å²) in [6, 6.07) is 3.59. The lowest BCUT2D eigenvalue weighted by Gasteiger charge is -2.24. The van der Waals surface area contributed by atoms with Crippen LogP contribution in [0, 0.1) is 18.6 Å². The molecule has 0 atom stereocenters. The number of pyridine rings is 1. The van der Waals surface area contributed by atoms with Crippen LogP contribution in [0.5, 0.6) is 11.5 Å². The van der Waals surface area contributed by atoms with Crippen molar-refractivity contribution in [1.29, 1.82) is 0 Å². The standard InChI is InChI=1S/C25H27F2N5O2/c1-14-20(13-31-32(14)17-4-6-28-7-5-17)16-8-18-15(11-29-25(18)30-12-16)9-19-23(26)21(33-2)10-22(34-3)24(19)27/h8,10-13,17,28H,4-7,9H2,1-3H3,(H,29,30). The van der Waals surface area contributed by atoms with E-state index in [1.165, 1.54) is 20.3 Å². The fourth-order valence-electron chi connectivity index (χ4n) is 4.76. The van der Waals surface area contributed by atoms with Gasteiger partial charge in [0, 0.05) is 52.7 Å². The molecule has 1 aliphatic heterocycles.